The lowest BCUT2D eigenvalue weighted by atomic mass is 9.96. The van der Waals surface area contributed by atoms with Gasteiger partial charge in [0.1, 0.15) is 7.85 Å². The molecule has 0 aromatic carbocycles. The van der Waals surface area contributed by atoms with E-state index in [2.05, 4.69) is 13.6 Å². The highest BCUT2D eigenvalue weighted by molar-refractivity contribution is 7.47. The minimum Gasteiger partial charge on any atom is -0.396 e. The van der Waals surface area contributed by atoms with E-state index in [1.807, 2.05) is 7.85 Å². The van der Waals surface area contributed by atoms with Crippen molar-refractivity contribution in [2.75, 3.05) is 39.6 Å². The molecule has 32 heavy (non-hydrogen) atoms. The summed E-state index contributed by atoms with van der Waals surface area (Å²) in [6.07, 6.45) is -0.276. The standard InChI is InChI=1S/C14H32BO14P3/c1-12-13(11-14(15)28-12)29-32(21,22)27-10-4-9-26-31(19,20)25-8-3-7-24-30(17,18)23-6-2-5-16/h12-14,16H,2-11,15H2,1H3,(H,17,18)(H,19,20)(H,21,22). The van der Waals surface area contributed by atoms with Gasteiger partial charge in [0.2, 0.25) is 0 Å². The maximum absolute atomic E-state index is 11.9. The summed E-state index contributed by atoms with van der Waals surface area (Å²) in [5, 5.41) is 8.57. The second-order valence-corrected chi connectivity index (χ2v) is 11.2. The average Bonchev–Trinajstić information content (AvgIpc) is 2.97. The van der Waals surface area contributed by atoms with Crippen molar-refractivity contribution in [2.24, 2.45) is 0 Å². The van der Waals surface area contributed by atoms with Crippen molar-refractivity contribution in [3.8, 4) is 0 Å². The fraction of sp³-hybridized carbons (Fsp3) is 1.00. The molecule has 0 saturated carbocycles. The lowest BCUT2D eigenvalue weighted by Gasteiger charge is -2.19. The molecule has 0 spiro atoms. The van der Waals surface area contributed by atoms with Crippen LogP contribution < -0.4 is 0 Å². The van der Waals surface area contributed by atoms with E-state index in [0.29, 0.717) is 6.42 Å². The first-order valence-corrected chi connectivity index (χ1v) is 14.5. The largest absolute Gasteiger partial charge is 0.472 e. The highest BCUT2D eigenvalue weighted by atomic mass is 31.2. The van der Waals surface area contributed by atoms with E-state index in [9.17, 15) is 28.4 Å². The molecule has 1 rings (SSSR count). The summed E-state index contributed by atoms with van der Waals surface area (Å²) in [6, 6.07) is -0.0907. The van der Waals surface area contributed by atoms with Crippen molar-refractivity contribution in [2.45, 2.75) is 50.8 Å². The van der Waals surface area contributed by atoms with Gasteiger partial charge in [0.05, 0.1) is 45.2 Å². The van der Waals surface area contributed by atoms with Crippen molar-refractivity contribution in [1.82, 2.24) is 0 Å². The van der Waals surface area contributed by atoms with Crippen LogP contribution in [0.15, 0.2) is 0 Å². The summed E-state index contributed by atoms with van der Waals surface area (Å²) < 4.78 is 69.0. The van der Waals surface area contributed by atoms with E-state index in [0.717, 1.165) is 0 Å². The van der Waals surface area contributed by atoms with Crippen molar-refractivity contribution < 1.29 is 65.4 Å². The first kappa shape index (κ1) is 30.3. The van der Waals surface area contributed by atoms with E-state index < -0.39 is 29.6 Å². The maximum Gasteiger partial charge on any atom is 0.472 e. The van der Waals surface area contributed by atoms with E-state index in [4.69, 9.17) is 23.4 Å². The van der Waals surface area contributed by atoms with Gasteiger partial charge in [-0.3, -0.25) is 27.1 Å². The number of phosphoric acid groups is 3. The highest BCUT2D eigenvalue weighted by Crippen LogP contribution is 2.48. The molecule has 6 atom stereocenters. The van der Waals surface area contributed by atoms with Gasteiger partial charge in [0.25, 0.3) is 0 Å². The number of aliphatic hydroxyl groups is 1. The second kappa shape index (κ2) is 14.7. The fourth-order valence-corrected chi connectivity index (χ4v) is 5.12. The summed E-state index contributed by atoms with van der Waals surface area (Å²) in [5.41, 5.74) is 0. The maximum atomic E-state index is 11.9. The molecule has 4 N–H and O–H groups in total. The van der Waals surface area contributed by atoms with E-state index in [1.54, 1.807) is 6.92 Å². The molecule has 0 amide bonds. The first-order chi connectivity index (χ1) is 14.9. The number of hydrogen-bond acceptors (Lipinski definition) is 11. The summed E-state index contributed by atoms with van der Waals surface area (Å²) in [4.78, 5) is 28.6. The number of aliphatic hydroxyl groups excluding tert-OH is 1. The molecule has 1 fully saturated rings. The molecule has 14 nitrogen and oxygen atoms in total. The van der Waals surface area contributed by atoms with Crippen LogP contribution in [0.4, 0.5) is 0 Å². The van der Waals surface area contributed by atoms with Gasteiger partial charge in [0.15, 0.2) is 0 Å². The Morgan fingerprint density at radius 2 is 1.22 bits per heavy atom. The molecular formula is C14H32BO14P3. The number of rotatable bonds is 18. The third-order valence-electron chi connectivity index (χ3n) is 3.96. The fourth-order valence-electron chi connectivity index (χ4n) is 2.52. The average molecular weight is 528 g/mol. The molecule has 190 valence electrons. The summed E-state index contributed by atoms with van der Waals surface area (Å²) in [5.74, 6) is 0. The van der Waals surface area contributed by atoms with Gasteiger partial charge in [-0.2, -0.15) is 0 Å². The Morgan fingerprint density at radius 1 is 0.812 bits per heavy atom. The van der Waals surface area contributed by atoms with Crippen LogP contribution in [0.3, 0.4) is 0 Å². The molecule has 0 radical (unpaired) electrons. The Bertz CT molecular complexity index is 681. The quantitative estimate of drug-likeness (QED) is 0.110. The third kappa shape index (κ3) is 13.9. The third-order valence-corrected chi connectivity index (χ3v) is 7.04. The molecular weight excluding hydrogens is 496 g/mol. The molecule has 1 aliphatic rings. The SMILES string of the molecule is BC1CC(OP(=O)(O)OCCCOP(=O)(O)OCCCOP(=O)(O)OCCCO)C(C)O1. The Balaban J connectivity index is 2.13. The van der Waals surface area contributed by atoms with Gasteiger partial charge in [-0.25, -0.2) is 13.7 Å². The van der Waals surface area contributed by atoms with E-state index in [-0.39, 0.29) is 71.0 Å². The topological polar surface area (TPSA) is 197 Å². The minimum atomic E-state index is -4.40. The summed E-state index contributed by atoms with van der Waals surface area (Å²) >= 11 is 0. The van der Waals surface area contributed by atoms with Crippen LogP contribution in [0.2, 0.25) is 0 Å². The van der Waals surface area contributed by atoms with Crippen LogP contribution in [-0.4, -0.2) is 85.5 Å². The van der Waals surface area contributed by atoms with E-state index >= 15 is 0 Å². The zero-order valence-corrected chi connectivity index (χ0v) is 20.7. The number of hydrogen-bond donors (Lipinski definition) is 4. The molecule has 1 aliphatic heterocycles. The zero-order chi connectivity index (χ0) is 24.3. The normalized spacial score (nSPS) is 27.0. The summed E-state index contributed by atoms with van der Waals surface area (Å²) in [7, 11) is -11.1. The van der Waals surface area contributed by atoms with Gasteiger partial charge in [-0.15, -0.1) is 0 Å². The predicted octanol–water partition coefficient (Wildman–Crippen LogP) is 0.686. The molecule has 6 unspecified atom stereocenters. The van der Waals surface area contributed by atoms with E-state index in [1.165, 1.54) is 0 Å². The lowest BCUT2D eigenvalue weighted by molar-refractivity contribution is 0.0341. The van der Waals surface area contributed by atoms with Crippen molar-refractivity contribution in [3.63, 3.8) is 0 Å². The number of phosphoric ester groups is 3. The summed E-state index contributed by atoms with van der Waals surface area (Å²) in [6.45, 7) is 0.220. The molecule has 0 aromatic rings. The first-order valence-electron chi connectivity index (χ1n) is 10.0. The molecule has 1 heterocycles. The van der Waals surface area contributed by atoms with Crippen LogP contribution >= 0.6 is 23.5 Å². The van der Waals surface area contributed by atoms with Crippen LogP contribution in [0, 0.1) is 0 Å². The monoisotopic (exact) mass is 528 g/mol. The predicted molar refractivity (Wildman–Crippen MR) is 113 cm³/mol. The van der Waals surface area contributed by atoms with Gasteiger partial charge >= 0.3 is 23.5 Å². The second-order valence-electron chi connectivity index (χ2n) is 6.89. The Hall–Kier alpha value is 0.315. The van der Waals surface area contributed by atoms with Gasteiger partial charge < -0.3 is 24.5 Å². The van der Waals surface area contributed by atoms with Crippen LogP contribution in [-0.2, 0) is 45.6 Å². The van der Waals surface area contributed by atoms with Crippen LogP contribution in [0.1, 0.15) is 32.6 Å². The van der Waals surface area contributed by atoms with Gasteiger partial charge in [-0.1, -0.05) is 0 Å². The minimum absolute atomic E-state index is 0.00210. The van der Waals surface area contributed by atoms with Gasteiger partial charge in [0, 0.05) is 12.6 Å². The highest BCUT2D eigenvalue weighted by Gasteiger charge is 2.36. The smallest absolute Gasteiger partial charge is 0.396 e. The number of ether oxygens (including phenoxy) is 1. The van der Waals surface area contributed by atoms with Crippen LogP contribution in [0.25, 0.3) is 0 Å². The molecule has 0 aliphatic carbocycles. The van der Waals surface area contributed by atoms with Crippen molar-refractivity contribution in [3.05, 3.63) is 0 Å². The lowest BCUT2D eigenvalue weighted by Crippen LogP contribution is -2.20. The molecule has 1 saturated heterocycles. The Labute approximate surface area is 187 Å². The molecule has 0 aromatic heterocycles. The molecule has 18 heteroatoms. The van der Waals surface area contributed by atoms with Crippen molar-refractivity contribution >= 4 is 31.3 Å². The zero-order valence-electron chi connectivity index (χ0n) is 18.0. The Kier molecular flexibility index (Phi) is 13.9. The van der Waals surface area contributed by atoms with Gasteiger partial charge in [-0.05, 0) is 32.6 Å². The molecule has 0 bridgehead atoms. The van der Waals surface area contributed by atoms with Crippen molar-refractivity contribution in [1.29, 1.82) is 0 Å². The van der Waals surface area contributed by atoms with Crippen LogP contribution in [0.5, 0.6) is 0 Å². The Morgan fingerprint density at radius 3 is 1.59 bits per heavy atom.